The highest BCUT2D eigenvalue weighted by Gasteiger charge is 2.34. The molecule has 0 unspecified atom stereocenters. The first-order valence-corrected chi connectivity index (χ1v) is 11.5. The van der Waals surface area contributed by atoms with Gasteiger partial charge in [0.15, 0.2) is 0 Å². The van der Waals surface area contributed by atoms with E-state index >= 15 is 0 Å². The monoisotopic (exact) mass is 458 g/mol. The van der Waals surface area contributed by atoms with Gasteiger partial charge in [-0.3, -0.25) is 4.79 Å². The summed E-state index contributed by atoms with van der Waals surface area (Å²) in [4.78, 5) is 12.6. The first kappa shape index (κ1) is 22.0. The van der Waals surface area contributed by atoms with Crippen molar-refractivity contribution in [3.05, 3.63) is 58.3 Å². The smallest absolute Gasteiger partial charge is 0.243 e. The summed E-state index contributed by atoms with van der Waals surface area (Å²) >= 11 is 11.9. The number of benzene rings is 2. The summed E-state index contributed by atoms with van der Waals surface area (Å²) < 4.78 is 40.9. The molecule has 3 rings (SSSR count). The molecular weight excluding hydrogens is 438 g/mol. The molecule has 2 aromatic rings. The van der Waals surface area contributed by atoms with E-state index in [-0.39, 0.29) is 17.5 Å². The Morgan fingerprint density at radius 3 is 2.21 bits per heavy atom. The zero-order valence-electron chi connectivity index (χ0n) is 15.6. The van der Waals surface area contributed by atoms with E-state index in [1.54, 1.807) is 0 Å². The molecule has 0 heterocycles. The zero-order valence-corrected chi connectivity index (χ0v) is 17.9. The Morgan fingerprint density at radius 1 is 1.03 bits per heavy atom. The summed E-state index contributed by atoms with van der Waals surface area (Å²) in [6.45, 7) is -0.353. The second-order valence-electron chi connectivity index (χ2n) is 7.00. The third kappa shape index (κ3) is 5.69. The molecule has 1 aliphatic rings. The number of hydrogen-bond acceptors (Lipinski definition) is 3. The minimum absolute atomic E-state index is 0.0388. The van der Waals surface area contributed by atoms with Crippen LogP contribution in [0.15, 0.2) is 47.4 Å². The summed E-state index contributed by atoms with van der Waals surface area (Å²) in [6, 6.07) is 8.94. The van der Waals surface area contributed by atoms with Crippen molar-refractivity contribution < 1.29 is 17.6 Å². The van der Waals surface area contributed by atoms with Crippen molar-refractivity contribution in [1.29, 1.82) is 0 Å². The van der Waals surface area contributed by atoms with Gasteiger partial charge in [-0.2, -0.15) is 4.31 Å². The van der Waals surface area contributed by atoms with Crippen LogP contribution in [-0.4, -0.2) is 31.2 Å². The lowest BCUT2D eigenvalue weighted by molar-refractivity contribution is -0.116. The molecule has 0 radical (unpaired) electrons. The van der Waals surface area contributed by atoms with E-state index in [4.69, 9.17) is 23.2 Å². The number of nitrogens with zero attached hydrogens (tertiary/aromatic N) is 1. The second-order valence-corrected chi connectivity index (χ2v) is 9.77. The van der Waals surface area contributed by atoms with Crippen molar-refractivity contribution in [2.75, 3.05) is 11.9 Å². The Morgan fingerprint density at radius 2 is 1.62 bits per heavy atom. The average molecular weight is 459 g/mol. The number of sulfonamides is 1. The molecule has 5 nitrogen and oxygen atoms in total. The van der Waals surface area contributed by atoms with Crippen LogP contribution in [0.3, 0.4) is 0 Å². The molecule has 2 aromatic carbocycles. The van der Waals surface area contributed by atoms with Crippen molar-refractivity contribution in [2.45, 2.75) is 43.0 Å². The normalized spacial score (nSPS) is 15.4. The van der Waals surface area contributed by atoms with E-state index in [0.29, 0.717) is 28.6 Å². The van der Waals surface area contributed by atoms with Gasteiger partial charge in [-0.1, -0.05) is 42.5 Å². The zero-order chi connectivity index (χ0) is 21.0. The van der Waals surface area contributed by atoms with E-state index in [2.05, 4.69) is 5.32 Å². The SMILES string of the molecule is O=C(CN(C1CCCCC1)S(=O)(=O)c1ccc(F)cc1)Nc1cc(Cl)cc(Cl)c1. The number of rotatable bonds is 6. The van der Waals surface area contributed by atoms with E-state index < -0.39 is 21.7 Å². The molecule has 1 saturated carbocycles. The summed E-state index contributed by atoms with van der Waals surface area (Å²) in [5.74, 6) is -1.02. The average Bonchev–Trinajstić information content (AvgIpc) is 2.66. The lowest BCUT2D eigenvalue weighted by Crippen LogP contribution is -2.45. The van der Waals surface area contributed by atoms with Crippen LogP contribution >= 0.6 is 23.2 Å². The molecule has 9 heteroatoms. The fraction of sp³-hybridized carbons (Fsp3) is 0.350. The van der Waals surface area contributed by atoms with Gasteiger partial charge in [0, 0.05) is 21.8 Å². The van der Waals surface area contributed by atoms with Gasteiger partial charge in [0.1, 0.15) is 5.82 Å². The number of nitrogens with one attached hydrogen (secondary N) is 1. The maximum atomic E-state index is 13.3. The molecule has 0 aliphatic heterocycles. The number of amides is 1. The Hall–Kier alpha value is -1.67. The van der Waals surface area contributed by atoms with Gasteiger partial charge < -0.3 is 5.32 Å². The number of carbonyl (C=O) groups is 1. The van der Waals surface area contributed by atoms with Crippen molar-refractivity contribution in [3.63, 3.8) is 0 Å². The van der Waals surface area contributed by atoms with Crippen LogP contribution in [0.2, 0.25) is 10.0 Å². The van der Waals surface area contributed by atoms with Crippen LogP contribution in [0.4, 0.5) is 10.1 Å². The van der Waals surface area contributed by atoms with Crippen LogP contribution in [0.1, 0.15) is 32.1 Å². The second kappa shape index (κ2) is 9.43. The predicted molar refractivity (Wildman–Crippen MR) is 112 cm³/mol. The molecule has 156 valence electrons. The largest absolute Gasteiger partial charge is 0.325 e. The van der Waals surface area contributed by atoms with Gasteiger partial charge >= 0.3 is 0 Å². The summed E-state index contributed by atoms with van der Waals surface area (Å²) in [6.07, 6.45) is 4.18. The minimum atomic E-state index is -3.97. The Kier molecular flexibility index (Phi) is 7.16. The maximum absolute atomic E-state index is 13.3. The van der Waals surface area contributed by atoms with Gasteiger partial charge in [0.05, 0.1) is 11.4 Å². The first-order chi connectivity index (χ1) is 13.8. The lowest BCUT2D eigenvalue weighted by Gasteiger charge is -2.33. The van der Waals surface area contributed by atoms with E-state index in [9.17, 15) is 17.6 Å². The highest BCUT2D eigenvalue weighted by Crippen LogP contribution is 2.28. The number of anilines is 1. The Balaban J connectivity index is 1.85. The van der Waals surface area contributed by atoms with E-state index in [1.807, 2.05) is 0 Å². The number of halogens is 3. The predicted octanol–water partition coefficient (Wildman–Crippen LogP) is 5.09. The molecule has 0 saturated heterocycles. The Labute approximate surface area is 179 Å². The van der Waals surface area contributed by atoms with Gasteiger partial charge in [0.2, 0.25) is 15.9 Å². The lowest BCUT2D eigenvalue weighted by atomic mass is 9.95. The molecule has 0 atom stereocenters. The van der Waals surface area contributed by atoms with Gasteiger partial charge in [-0.15, -0.1) is 0 Å². The minimum Gasteiger partial charge on any atom is -0.325 e. The van der Waals surface area contributed by atoms with E-state index in [0.717, 1.165) is 31.4 Å². The molecule has 1 fully saturated rings. The van der Waals surface area contributed by atoms with Crippen molar-refractivity contribution >= 4 is 44.8 Å². The number of carbonyl (C=O) groups excluding carboxylic acids is 1. The van der Waals surface area contributed by atoms with Crippen LogP contribution in [-0.2, 0) is 14.8 Å². The van der Waals surface area contributed by atoms with E-state index in [1.165, 1.54) is 34.6 Å². The van der Waals surface area contributed by atoms with Crippen LogP contribution in [0.5, 0.6) is 0 Å². The van der Waals surface area contributed by atoms with Gasteiger partial charge in [-0.05, 0) is 55.3 Å². The van der Waals surface area contributed by atoms with Gasteiger partial charge in [0.25, 0.3) is 0 Å². The molecule has 0 spiro atoms. The summed E-state index contributed by atoms with van der Waals surface area (Å²) in [5.41, 5.74) is 0.385. The van der Waals surface area contributed by atoms with Crippen molar-refractivity contribution in [2.24, 2.45) is 0 Å². The third-order valence-electron chi connectivity index (χ3n) is 4.85. The standard InChI is InChI=1S/C20H21Cl2FN2O3S/c21-14-10-15(22)12-17(11-14)24-20(26)13-25(18-4-2-1-3-5-18)29(27,28)19-8-6-16(23)7-9-19/h6-12,18H,1-5,13H2,(H,24,26). The maximum Gasteiger partial charge on any atom is 0.243 e. The highest BCUT2D eigenvalue weighted by atomic mass is 35.5. The molecule has 0 aromatic heterocycles. The fourth-order valence-corrected chi connectivity index (χ4v) is 5.66. The van der Waals surface area contributed by atoms with Crippen molar-refractivity contribution in [3.8, 4) is 0 Å². The highest BCUT2D eigenvalue weighted by molar-refractivity contribution is 7.89. The molecular formula is C20H21Cl2FN2O3S. The van der Waals surface area contributed by atoms with Crippen LogP contribution < -0.4 is 5.32 Å². The molecule has 1 aliphatic carbocycles. The van der Waals surface area contributed by atoms with Crippen LogP contribution in [0, 0.1) is 5.82 Å². The third-order valence-corrected chi connectivity index (χ3v) is 7.20. The summed E-state index contributed by atoms with van der Waals surface area (Å²) in [7, 11) is -3.97. The summed E-state index contributed by atoms with van der Waals surface area (Å²) in [5, 5.41) is 3.37. The van der Waals surface area contributed by atoms with Gasteiger partial charge in [-0.25, -0.2) is 12.8 Å². The molecule has 29 heavy (non-hydrogen) atoms. The van der Waals surface area contributed by atoms with Crippen LogP contribution in [0.25, 0.3) is 0 Å². The first-order valence-electron chi connectivity index (χ1n) is 9.29. The molecule has 0 bridgehead atoms. The molecule has 1 N–H and O–H groups in total. The van der Waals surface area contributed by atoms with Crippen molar-refractivity contribution in [1.82, 2.24) is 4.31 Å². The molecule has 1 amide bonds. The Bertz CT molecular complexity index is 957. The fourth-order valence-electron chi connectivity index (χ4n) is 3.49. The topological polar surface area (TPSA) is 66.5 Å². The quantitative estimate of drug-likeness (QED) is 0.654. The number of hydrogen-bond donors (Lipinski definition) is 1.